The van der Waals surface area contributed by atoms with Crippen LogP contribution in [0.2, 0.25) is 0 Å². The Morgan fingerprint density at radius 2 is 2.00 bits per heavy atom. The number of aryl methyl sites for hydroxylation is 1. The monoisotopic (exact) mass is 365 g/mol. The molecule has 1 fully saturated rings. The van der Waals surface area contributed by atoms with E-state index in [4.69, 9.17) is 5.26 Å². The van der Waals surface area contributed by atoms with Crippen molar-refractivity contribution in [1.29, 1.82) is 5.26 Å². The average Bonchev–Trinajstić information content (AvgIpc) is 3.11. The summed E-state index contributed by atoms with van der Waals surface area (Å²) in [6.07, 6.45) is 2.21. The number of nitrogens with zero attached hydrogens (tertiary/aromatic N) is 3. The van der Waals surface area contributed by atoms with Gasteiger partial charge in [-0.25, -0.2) is 4.39 Å². The Hall–Kier alpha value is -2.71. The van der Waals surface area contributed by atoms with Crippen molar-refractivity contribution in [2.45, 2.75) is 32.2 Å². The topological polar surface area (TPSA) is 47.3 Å². The molecule has 27 heavy (non-hydrogen) atoms. The summed E-state index contributed by atoms with van der Waals surface area (Å²) in [6, 6.07) is 16.7. The lowest BCUT2D eigenvalue weighted by molar-refractivity contribution is -0.120. The number of hydrogen-bond donors (Lipinski definition) is 0. The summed E-state index contributed by atoms with van der Waals surface area (Å²) < 4.78 is 14.2. The fourth-order valence-electron chi connectivity index (χ4n) is 3.80. The second-order valence-corrected chi connectivity index (χ2v) is 6.89. The van der Waals surface area contributed by atoms with Gasteiger partial charge in [0.15, 0.2) is 0 Å². The minimum Gasteiger partial charge on any atom is -0.308 e. The maximum absolute atomic E-state index is 14.2. The molecule has 0 radical (unpaired) electrons. The quantitative estimate of drug-likeness (QED) is 0.770. The van der Waals surface area contributed by atoms with Gasteiger partial charge < -0.3 is 4.90 Å². The Bertz CT molecular complexity index is 845. The predicted molar refractivity (Wildman–Crippen MR) is 104 cm³/mol. The van der Waals surface area contributed by atoms with Crippen LogP contribution in [0.25, 0.3) is 0 Å². The van der Waals surface area contributed by atoms with Gasteiger partial charge >= 0.3 is 0 Å². The third kappa shape index (κ3) is 4.35. The number of carbonyl (C=O) groups excluding carboxylic acids is 1. The van der Waals surface area contributed by atoms with Gasteiger partial charge in [-0.15, -0.1) is 0 Å². The van der Waals surface area contributed by atoms with Crippen LogP contribution < -0.4 is 4.90 Å². The SMILES string of the molecule is Cc1ccccc1[C@@H]1CCCN1CC(=O)N(CCC#N)c1ccccc1F. The molecule has 1 heterocycles. The maximum atomic E-state index is 14.2. The minimum absolute atomic E-state index is 0.168. The number of carbonyl (C=O) groups is 1. The summed E-state index contributed by atoms with van der Waals surface area (Å²) in [7, 11) is 0. The standard InChI is InChI=1S/C22H24FN3O/c1-17-8-2-3-9-18(17)20-12-6-14-25(20)16-22(27)26(15-7-13-24)21-11-5-4-10-19(21)23/h2-5,8-11,20H,6-7,12,14-16H2,1H3/t20-/m0/s1. The number of likely N-dealkylation sites (tertiary alicyclic amines) is 1. The Morgan fingerprint density at radius 1 is 1.26 bits per heavy atom. The zero-order chi connectivity index (χ0) is 19.2. The van der Waals surface area contributed by atoms with Gasteiger partial charge in [0, 0.05) is 12.6 Å². The predicted octanol–water partition coefficient (Wildman–Crippen LogP) is 4.22. The molecule has 1 aliphatic heterocycles. The average molecular weight is 365 g/mol. The molecule has 4 nitrogen and oxygen atoms in total. The Morgan fingerprint density at radius 3 is 2.74 bits per heavy atom. The van der Waals surface area contributed by atoms with Gasteiger partial charge in [0.2, 0.25) is 5.91 Å². The Balaban J connectivity index is 1.80. The number of benzene rings is 2. The van der Waals surface area contributed by atoms with E-state index in [-0.39, 0.29) is 37.1 Å². The van der Waals surface area contributed by atoms with Crippen LogP contribution in [-0.2, 0) is 4.79 Å². The van der Waals surface area contributed by atoms with Crippen LogP contribution in [0.3, 0.4) is 0 Å². The summed E-state index contributed by atoms with van der Waals surface area (Å²) >= 11 is 0. The molecule has 0 spiro atoms. The highest BCUT2D eigenvalue weighted by molar-refractivity contribution is 5.95. The minimum atomic E-state index is -0.444. The van der Waals surface area contributed by atoms with E-state index in [0.717, 1.165) is 19.4 Å². The molecule has 1 amide bonds. The molecule has 1 atom stereocenters. The van der Waals surface area contributed by atoms with Crippen LogP contribution in [0.4, 0.5) is 10.1 Å². The van der Waals surface area contributed by atoms with E-state index in [1.165, 1.54) is 22.1 Å². The smallest absolute Gasteiger partial charge is 0.241 e. The highest BCUT2D eigenvalue weighted by atomic mass is 19.1. The van der Waals surface area contributed by atoms with Gasteiger partial charge in [0.25, 0.3) is 0 Å². The van der Waals surface area contributed by atoms with Gasteiger partial charge in [0.05, 0.1) is 24.7 Å². The number of rotatable bonds is 6. The van der Waals surface area contributed by atoms with Gasteiger partial charge in [-0.1, -0.05) is 36.4 Å². The number of halogens is 1. The van der Waals surface area contributed by atoms with E-state index >= 15 is 0 Å². The van der Waals surface area contributed by atoms with Gasteiger partial charge in [-0.2, -0.15) is 5.26 Å². The van der Waals surface area contributed by atoms with Crippen molar-refractivity contribution in [1.82, 2.24) is 4.90 Å². The summed E-state index contributed by atoms with van der Waals surface area (Å²) in [6.45, 7) is 3.35. The lowest BCUT2D eigenvalue weighted by Gasteiger charge is -2.29. The number of para-hydroxylation sites is 1. The fourth-order valence-corrected chi connectivity index (χ4v) is 3.80. The Labute approximate surface area is 159 Å². The first-order valence-corrected chi connectivity index (χ1v) is 9.33. The first-order chi connectivity index (χ1) is 13.1. The molecule has 2 aromatic carbocycles. The zero-order valence-electron chi connectivity index (χ0n) is 15.6. The summed E-state index contributed by atoms with van der Waals surface area (Å²) in [5, 5.41) is 8.93. The van der Waals surface area contributed by atoms with Crippen LogP contribution in [0.1, 0.15) is 36.4 Å². The third-order valence-electron chi connectivity index (χ3n) is 5.14. The molecule has 2 aromatic rings. The van der Waals surface area contributed by atoms with Crippen molar-refractivity contribution in [3.05, 3.63) is 65.5 Å². The Kier molecular flexibility index (Phi) is 6.20. The molecule has 0 saturated carbocycles. The van der Waals surface area contributed by atoms with Gasteiger partial charge in [-0.05, 0) is 49.6 Å². The van der Waals surface area contributed by atoms with E-state index in [2.05, 4.69) is 24.0 Å². The zero-order valence-corrected chi connectivity index (χ0v) is 15.6. The molecule has 0 unspecified atom stereocenters. The summed E-state index contributed by atoms with van der Waals surface area (Å²) in [5.41, 5.74) is 2.71. The van der Waals surface area contributed by atoms with E-state index in [0.29, 0.717) is 0 Å². The van der Waals surface area contributed by atoms with Gasteiger partial charge in [-0.3, -0.25) is 9.69 Å². The van der Waals surface area contributed by atoms with Crippen molar-refractivity contribution in [3.8, 4) is 6.07 Å². The molecule has 0 aromatic heterocycles. The van der Waals surface area contributed by atoms with E-state index < -0.39 is 5.82 Å². The van der Waals surface area contributed by atoms with Crippen molar-refractivity contribution < 1.29 is 9.18 Å². The lowest BCUT2D eigenvalue weighted by Crippen LogP contribution is -2.41. The second-order valence-electron chi connectivity index (χ2n) is 6.89. The molecule has 140 valence electrons. The molecule has 3 rings (SSSR count). The van der Waals surface area contributed by atoms with E-state index in [1.54, 1.807) is 18.2 Å². The highest BCUT2D eigenvalue weighted by Crippen LogP contribution is 2.33. The van der Waals surface area contributed by atoms with Crippen LogP contribution >= 0.6 is 0 Å². The summed E-state index contributed by atoms with van der Waals surface area (Å²) in [4.78, 5) is 16.6. The van der Waals surface area contributed by atoms with E-state index in [1.807, 2.05) is 18.2 Å². The number of nitriles is 1. The summed E-state index contributed by atoms with van der Waals surface area (Å²) in [5.74, 6) is -0.614. The fraction of sp³-hybridized carbons (Fsp3) is 0.364. The first kappa shape index (κ1) is 19.1. The number of amides is 1. The van der Waals surface area contributed by atoms with Crippen LogP contribution in [0.15, 0.2) is 48.5 Å². The molecule has 0 bridgehead atoms. The molecule has 5 heteroatoms. The number of anilines is 1. The van der Waals surface area contributed by atoms with Crippen LogP contribution in [0, 0.1) is 24.1 Å². The first-order valence-electron chi connectivity index (χ1n) is 9.33. The van der Waals surface area contributed by atoms with Crippen molar-refractivity contribution >= 4 is 11.6 Å². The lowest BCUT2D eigenvalue weighted by atomic mass is 9.99. The number of hydrogen-bond acceptors (Lipinski definition) is 3. The van der Waals surface area contributed by atoms with E-state index in [9.17, 15) is 9.18 Å². The highest BCUT2D eigenvalue weighted by Gasteiger charge is 2.30. The second kappa shape index (κ2) is 8.79. The molecular weight excluding hydrogens is 341 g/mol. The molecule has 1 aliphatic rings. The van der Waals surface area contributed by atoms with Crippen molar-refractivity contribution in [2.24, 2.45) is 0 Å². The van der Waals surface area contributed by atoms with Crippen LogP contribution in [0.5, 0.6) is 0 Å². The normalized spacial score (nSPS) is 16.9. The molecular formula is C22H24FN3O. The van der Waals surface area contributed by atoms with Crippen molar-refractivity contribution in [2.75, 3.05) is 24.5 Å². The van der Waals surface area contributed by atoms with Crippen LogP contribution in [-0.4, -0.2) is 30.4 Å². The molecule has 1 saturated heterocycles. The third-order valence-corrected chi connectivity index (χ3v) is 5.14. The largest absolute Gasteiger partial charge is 0.308 e. The molecule has 0 N–H and O–H groups in total. The maximum Gasteiger partial charge on any atom is 0.241 e. The van der Waals surface area contributed by atoms with Gasteiger partial charge in [0.1, 0.15) is 5.82 Å². The molecule has 0 aliphatic carbocycles. The van der Waals surface area contributed by atoms with Crippen molar-refractivity contribution in [3.63, 3.8) is 0 Å².